The molecular formula is C23H38O4. The van der Waals surface area contributed by atoms with E-state index in [-0.39, 0.29) is 6.42 Å². The zero-order valence-electron chi connectivity index (χ0n) is 21.4. The highest BCUT2D eigenvalue weighted by Gasteiger charge is 2.11. The number of hydrogen-bond acceptors (Lipinski definition) is 4. The van der Waals surface area contributed by atoms with E-state index < -0.39 is 25.2 Å². The fourth-order valence-corrected chi connectivity index (χ4v) is 2.16. The molecule has 0 bridgehead atoms. The first-order chi connectivity index (χ1) is 15.0. The van der Waals surface area contributed by atoms with Crippen molar-refractivity contribution >= 4 is 5.97 Å². The molecule has 4 heteroatoms. The highest BCUT2D eigenvalue weighted by molar-refractivity contribution is 5.69. The molecule has 0 aliphatic heterocycles. The van der Waals surface area contributed by atoms with E-state index in [2.05, 4.69) is 42.0 Å². The normalized spacial score (nSPS) is 16.6. The van der Waals surface area contributed by atoms with Gasteiger partial charge in [0.25, 0.3) is 0 Å². The van der Waals surface area contributed by atoms with Crippen LogP contribution in [0.1, 0.15) is 78.0 Å². The van der Waals surface area contributed by atoms with Crippen LogP contribution < -0.4 is 0 Å². The van der Waals surface area contributed by atoms with Gasteiger partial charge >= 0.3 is 5.97 Å². The summed E-state index contributed by atoms with van der Waals surface area (Å²) in [7, 11) is 0. The van der Waals surface area contributed by atoms with Gasteiger partial charge < -0.3 is 14.9 Å². The Morgan fingerprint density at radius 3 is 1.85 bits per heavy atom. The van der Waals surface area contributed by atoms with E-state index in [1.54, 1.807) is 0 Å². The molecule has 0 saturated carbocycles. The molecule has 2 N–H and O–H groups in total. The third-order valence-electron chi connectivity index (χ3n) is 3.63. The standard InChI is InChI=1S/C23H38O4/c1-2-3-4-5-6-7-8-9-10-11-12-13-14-15-16-17-18-19-23(26)27-22(20-24)21-25/h6-7,9-10,12-13,15-16,22,24-25H,2-5,8,11,14,17-21H2,1H3/b7-6-,10-9+,13-12-,16-15-/i20D2,21D2,22D. The molecule has 0 aromatic rings. The maximum atomic E-state index is 11.8. The molecule has 0 aromatic heterocycles. The Bertz CT molecular complexity index is 617. The van der Waals surface area contributed by atoms with Crippen LogP contribution in [-0.2, 0) is 9.53 Å². The molecular weight excluding hydrogens is 340 g/mol. The molecule has 0 fully saturated rings. The highest BCUT2D eigenvalue weighted by Crippen LogP contribution is 2.03. The second-order valence-electron chi connectivity index (χ2n) is 6.01. The van der Waals surface area contributed by atoms with Gasteiger partial charge in [0, 0.05) is 6.42 Å². The number of hydrogen-bond donors (Lipinski definition) is 2. The van der Waals surface area contributed by atoms with Crippen LogP contribution in [0.2, 0.25) is 0 Å². The lowest BCUT2D eigenvalue weighted by atomic mass is 10.2. The third-order valence-corrected chi connectivity index (χ3v) is 3.63. The quantitative estimate of drug-likeness (QED) is 0.210. The fourth-order valence-electron chi connectivity index (χ4n) is 2.16. The molecule has 0 aliphatic rings. The monoisotopic (exact) mass is 383 g/mol. The van der Waals surface area contributed by atoms with E-state index in [9.17, 15) is 15.0 Å². The van der Waals surface area contributed by atoms with Crippen molar-refractivity contribution in [3.05, 3.63) is 48.6 Å². The van der Waals surface area contributed by atoms with E-state index >= 15 is 0 Å². The van der Waals surface area contributed by atoms with E-state index in [4.69, 9.17) is 6.85 Å². The van der Waals surface area contributed by atoms with Crippen molar-refractivity contribution in [3.63, 3.8) is 0 Å². The first-order valence-electron chi connectivity index (χ1n) is 12.2. The minimum Gasteiger partial charge on any atom is -0.457 e. The summed E-state index contributed by atoms with van der Waals surface area (Å²) < 4.78 is 40.3. The number of carbonyl (C=O) groups excluding carboxylic acids is 1. The number of allylic oxidation sites excluding steroid dienone is 8. The predicted octanol–water partition coefficient (Wildman–Crippen LogP) is 5.03. The van der Waals surface area contributed by atoms with Crippen molar-refractivity contribution < 1.29 is 26.6 Å². The first kappa shape index (κ1) is 17.4. The molecule has 154 valence electrons. The van der Waals surface area contributed by atoms with Crippen molar-refractivity contribution in [1.29, 1.82) is 0 Å². The zero-order valence-corrected chi connectivity index (χ0v) is 16.4. The van der Waals surface area contributed by atoms with Gasteiger partial charge in [0.05, 0.1) is 20.0 Å². The first-order valence-corrected chi connectivity index (χ1v) is 9.72. The zero-order chi connectivity index (χ0) is 24.5. The van der Waals surface area contributed by atoms with Crippen LogP contribution in [0.25, 0.3) is 0 Å². The highest BCUT2D eigenvalue weighted by atomic mass is 16.6. The predicted molar refractivity (Wildman–Crippen MR) is 112 cm³/mol. The average molecular weight is 384 g/mol. The second-order valence-corrected chi connectivity index (χ2v) is 6.01. The Balaban J connectivity index is 4.00. The van der Waals surface area contributed by atoms with Crippen molar-refractivity contribution in [1.82, 2.24) is 0 Å². The maximum absolute atomic E-state index is 11.8. The maximum Gasteiger partial charge on any atom is 0.306 e. The molecule has 0 rings (SSSR count). The topological polar surface area (TPSA) is 66.8 Å². The van der Waals surface area contributed by atoms with Gasteiger partial charge in [-0.1, -0.05) is 68.4 Å². The van der Waals surface area contributed by atoms with E-state index in [0.717, 1.165) is 25.7 Å². The Morgan fingerprint density at radius 2 is 1.37 bits per heavy atom. The lowest BCUT2D eigenvalue weighted by Crippen LogP contribution is -2.25. The average Bonchev–Trinajstić information content (AvgIpc) is 2.68. The Kier molecular flexibility index (Phi) is 13.4. The molecule has 0 aromatic carbocycles. The Hall–Kier alpha value is -1.65. The summed E-state index contributed by atoms with van der Waals surface area (Å²) in [5, 5.41) is 18.6. The van der Waals surface area contributed by atoms with Gasteiger partial charge in [-0.2, -0.15) is 0 Å². The lowest BCUT2D eigenvalue weighted by molar-refractivity contribution is -0.153. The van der Waals surface area contributed by atoms with Crippen molar-refractivity contribution in [3.8, 4) is 0 Å². The van der Waals surface area contributed by atoms with E-state index in [0.29, 0.717) is 12.8 Å². The molecule has 0 unspecified atom stereocenters. The van der Waals surface area contributed by atoms with Gasteiger partial charge in [0.1, 0.15) is 6.08 Å². The molecule has 0 heterocycles. The molecule has 0 saturated heterocycles. The number of unbranched alkanes of at least 4 members (excludes halogenated alkanes) is 4. The minimum absolute atomic E-state index is 0.204. The molecule has 27 heavy (non-hydrogen) atoms. The largest absolute Gasteiger partial charge is 0.457 e. The number of ether oxygens (including phenoxy) is 1. The molecule has 4 nitrogen and oxygen atoms in total. The SMILES string of the molecule is [2H]C([2H])(O)C([2H])(OC(=O)CCC/C=C\C/C=C\C/C=C/C/C=C\CCCCC)C([2H])([2H])O. The number of esters is 1. The summed E-state index contributed by atoms with van der Waals surface area (Å²) in [6.07, 6.45) is 21.3. The second kappa shape index (κ2) is 20.7. The fraction of sp³-hybridized carbons (Fsp3) is 0.609. The molecule has 0 aliphatic carbocycles. The minimum atomic E-state index is -3.58. The molecule has 0 radical (unpaired) electrons. The van der Waals surface area contributed by atoms with Gasteiger partial charge in [0.2, 0.25) is 0 Å². The summed E-state index contributed by atoms with van der Waals surface area (Å²) in [6.45, 7) is -4.95. The van der Waals surface area contributed by atoms with Crippen molar-refractivity contribution in [2.75, 3.05) is 13.1 Å². The number of aliphatic hydroxyl groups is 2. The summed E-state index contributed by atoms with van der Waals surface area (Å²) >= 11 is 0. The van der Waals surface area contributed by atoms with Crippen LogP contribution in [0, 0.1) is 0 Å². The van der Waals surface area contributed by atoms with Crippen molar-refractivity contribution in [2.45, 2.75) is 77.2 Å². The van der Waals surface area contributed by atoms with Gasteiger partial charge in [-0.15, -0.1) is 0 Å². The van der Waals surface area contributed by atoms with Gasteiger partial charge in [-0.25, -0.2) is 0 Å². The Morgan fingerprint density at radius 1 is 0.889 bits per heavy atom. The lowest BCUT2D eigenvalue weighted by Gasteiger charge is -2.11. The van der Waals surface area contributed by atoms with Crippen LogP contribution in [0.15, 0.2) is 48.6 Å². The van der Waals surface area contributed by atoms with Gasteiger partial charge in [-0.05, 0) is 44.9 Å². The third kappa shape index (κ3) is 18.9. The molecule has 0 atom stereocenters. The van der Waals surface area contributed by atoms with Gasteiger partial charge in [-0.3, -0.25) is 4.79 Å². The van der Waals surface area contributed by atoms with Crippen LogP contribution in [0.4, 0.5) is 0 Å². The Labute approximate surface area is 172 Å². The summed E-state index contributed by atoms with van der Waals surface area (Å²) in [5.41, 5.74) is 0. The van der Waals surface area contributed by atoms with Crippen LogP contribution in [0.5, 0.6) is 0 Å². The molecule has 0 amide bonds. The molecule has 0 spiro atoms. The van der Waals surface area contributed by atoms with Gasteiger partial charge in [0.15, 0.2) is 0 Å². The van der Waals surface area contributed by atoms with E-state index in [1.165, 1.54) is 19.3 Å². The van der Waals surface area contributed by atoms with Crippen LogP contribution in [-0.4, -0.2) is 35.4 Å². The number of carbonyl (C=O) groups is 1. The smallest absolute Gasteiger partial charge is 0.306 e. The van der Waals surface area contributed by atoms with Crippen LogP contribution in [0.3, 0.4) is 0 Å². The number of rotatable bonds is 17. The van der Waals surface area contributed by atoms with Crippen molar-refractivity contribution in [2.24, 2.45) is 0 Å². The van der Waals surface area contributed by atoms with Crippen LogP contribution >= 0.6 is 0 Å². The summed E-state index contributed by atoms with van der Waals surface area (Å²) in [6, 6.07) is 0. The summed E-state index contributed by atoms with van der Waals surface area (Å²) in [4.78, 5) is 11.8. The summed E-state index contributed by atoms with van der Waals surface area (Å²) in [5.74, 6) is -1.08. The van der Waals surface area contributed by atoms with E-state index in [1.807, 2.05) is 18.2 Å².